The highest BCUT2D eigenvalue weighted by molar-refractivity contribution is 6.29. The molecule has 0 aromatic heterocycles. The lowest BCUT2D eigenvalue weighted by Gasteiger charge is -2.48. The molecule has 9 heteroatoms. The van der Waals surface area contributed by atoms with Gasteiger partial charge in [0.1, 0.15) is 23.4 Å². The zero-order valence-corrected chi connectivity index (χ0v) is 21.5. The second-order valence-electron chi connectivity index (χ2n) is 11.7. The van der Waals surface area contributed by atoms with Gasteiger partial charge in [0.25, 0.3) is 0 Å². The molecule has 1 aliphatic carbocycles. The lowest BCUT2D eigenvalue weighted by molar-refractivity contribution is -0.270. The van der Waals surface area contributed by atoms with Crippen molar-refractivity contribution in [3.8, 4) is 11.5 Å². The van der Waals surface area contributed by atoms with Crippen LogP contribution in [-0.4, -0.2) is 27.5 Å². The van der Waals surface area contributed by atoms with Gasteiger partial charge in [-0.2, -0.15) is 0 Å². The molecule has 4 aromatic carbocycles. The van der Waals surface area contributed by atoms with E-state index in [9.17, 15) is 24.9 Å². The zero-order chi connectivity index (χ0) is 27.0. The summed E-state index contributed by atoms with van der Waals surface area (Å²) in [6.07, 6.45) is -3.86. The molecule has 9 nitrogen and oxygen atoms in total. The van der Waals surface area contributed by atoms with Crippen LogP contribution < -0.4 is 20.8 Å². The van der Waals surface area contributed by atoms with Crippen LogP contribution in [-0.2, 0) is 20.0 Å². The molecule has 4 heterocycles. The van der Waals surface area contributed by atoms with Gasteiger partial charge in [-0.25, -0.2) is 0 Å². The molecule has 0 fully saturated rings. The van der Waals surface area contributed by atoms with Crippen molar-refractivity contribution in [1.29, 1.82) is 0 Å². The van der Waals surface area contributed by atoms with Crippen LogP contribution in [0.3, 0.4) is 0 Å². The Kier molecular flexibility index (Phi) is 3.69. The Morgan fingerprint density at radius 2 is 1.46 bits per heavy atom. The summed E-state index contributed by atoms with van der Waals surface area (Å²) in [5.41, 5.74) is 1.65. The standard InChI is InChI=1S/C30H24O9/c1-7-14-23-20-18-13(38-28(23)9(3)36-7)5-11(31)16-19(18)22-24-15(26(16)33)8(2)37-10(4)29(24)39-30(35)6-12(32)17(27(14)34)21(20)25(22)30/h5,7-10,28-29,32-33,35H,6H2,1-4H3/t7-,8-,9-,10-,28+,29-,30+/m1/s1. The summed E-state index contributed by atoms with van der Waals surface area (Å²) < 4.78 is 25.0. The molecule has 7 atom stereocenters. The van der Waals surface area contributed by atoms with E-state index in [1.54, 1.807) is 13.8 Å². The Labute approximate surface area is 220 Å². The maximum atomic E-state index is 14.1. The van der Waals surface area contributed by atoms with Crippen LogP contribution in [0.25, 0.3) is 38.1 Å². The van der Waals surface area contributed by atoms with E-state index in [-0.39, 0.29) is 34.0 Å². The van der Waals surface area contributed by atoms with Crippen LogP contribution in [0.2, 0.25) is 0 Å². The quantitative estimate of drug-likeness (QED) is 0.232. The summed E-state index contributed by atoms with van der Waals surface area (Å²) in [4.78, 5) is 27.8. The number of hydrogen-bond donors (Lipinski definition) is 3. The number of aliphatic hydroxyl groups excluding tert-OH is 1. The van der Waals surface area contributed by atoms with Crippen LogP contribution in [0.1, 0.15) is 86.3 Å². The Morgan fingerprint density at radius 3 is 2.21 bits per heavy atom. The minimum atomic E-state index is -1.99. The predicted octanol–water partition coefficient (Wildman–Crippen LogP) is 3.41. The minimum Gasteiger partial charge on any atom is -0.511 e. The summed E-state index contributed by atoms with van der Waals surface area (Å²) >= 11 is 0. The topological polar surface area (TPSA) is 132 Å². The highest BCUT2D eigenvalue weighted by Crippen LogP contribution is 2.61. The smallest absolute Gasteiger partial charge is 0.201 e. The number of benzene rings is 4. The normalized spacial score (nSPS) is 33.5. The van der Waals surface area contributed by atoms with Gasteiger partial charge in [-0.3, -0.25) is 9.59 Å². The van der Waals surface area contributed by atoms with Crippen molar-refractivity contribution in [2.24, 2.45) is 0 Å². The SMILES string of the molecule is C[C@H]1O[C@H](C)[C@H]2O[C@@]3(O)CC(O)=c4c(=O)c5c6c7c4c3c3c2c1c(O)c1c(=O)cc(c7c31)O[C@H]6[C@@H](C)O[C@@H]5C. The summed E-state index contributed by atoms with van der Waals surface area (Å²) in [6, 6.07) is 1.37. The van der Waals surface area contributed by atoms with Crippen molar-refractivity contribution < 1.29 is 34.3 Å². The Hall–Kier alpha value is -3.50. The molecule has 39 heavy (non-hydrogen) atoms. The Bertz CT molecular complexity index is 2070. The molecule has 4 aromatic rings. The molecule has 0 amide bonds. The predicted molar refractivity (Wildman–Crippen MR) is 139 cm³/mol. The van der Waals surface area contributed by atoms with Gasteiger partial charge >= 0.3 is 0 Å². The van der Waals surface area contributed by atoms with Crippen LogP contribution in [0.4, 0.5) is 0 Å². The van der Waals surface area contributed by atoms with E-state index < -0.39 is 47.8 Å². The third-order valence-electron chi connectivity index (χ3n) is 9.57. The second-order valence-corrected chi connectivity index (χ2v) is 11.7. The number of aliphatic hydroxyl groups is 2. The molecule has 5 aliphatic rings. The first-order valence-corrected chi connectivity index (χ1v) is 13.3. The van der Waals surface area contributed by atoms with E-state index in [2.05, 4.69) is 0 Å². The van der Waals surface area contributed by atoms with Crippen molar-refractivity contribution in [3.05, 3.63) is 59.5 Å². The molecular formula is C30H24O9. The first kappa shape index (κ1) is 22.3. The van der Waals surface area contributed by atoms with Gasteiger partial charge in [-0.15, -0.1) is 0 Å². The van der Waals surface area contributed by atoms with Crippen LogP contribution in [0, 0.1) is 0 Å². The Balaban J connectivity index is 1.71. The van der Waals surface area contributed by atoms with Crippen LogP contribution >= 0.6 is 0 Å². The highest BCUT2D eigenvalue weighted by Gasteiger charge is 2.53. The van der Waals surface area contributed by atoms with Gasteiger partial charge in [0.2, 0.25) is 5.79 Å². The second kappa shape index (κ2) is 6.45. The molecular weight excluding hydrogens is 504 g/mol. The van der Waals surface area contributed by atoms with Crippen molar-refractivity contribution in [2.45, 2.75) is 76.5 Å². The van der Waals surface area contributed by atoms with Crippen molar-refractivity contribution in [3.63, 3.8) is 0 Å². The fourth-order valence-corrected chi connectivity index (χ4v) is 8.28. The number of ether oxygens (including phenoxy) is 4. The van der Waals surface area contributed by atoms with Gasteiger partial charge in [-0.05, 0) is 33.1 Å². The maximum absolute atomic E-state index is 14.1. The number of rotatable bonds is 0. The summed E-state index contributed by atoms with van der Waals surface area (Å²) in [7, 11) is 0. The molecule has 0 saturated heterocycles. The van der Waals surface area contributed by atoms with Crippen molar-refractivity contribution >= 4 is 38.1 Å². The van der Waals surface area contributed by atoms with E-state index in [1.807, 2.05) is 13.8 Å². The monoisotopic (exact) mass is 528 g/mol. The molecule has 0 radical (unpaired) electrons. The average molecular weight is 529 g/mol. The zero-order valence-electron chi connectivity index (χ0n) is 21.5. The van der Waals surface area contributed by atoms with E-state index in [4.69, 9.17) is 18.9 Å². The summed E-state index contributed by atoms with van der Waals surface area (Å²) in [5, 5.41) is 38.0. The maximum Gasteiger partial charge on any atom is 0.201 e. The Morgan fingerprint density at radius 1 is 0.795 bits per heavy atom. The van der Waals surface area contributed by atoms with Crippen molar-refractivity contribution in [1.82, 2.24) is 0 Å². The lowest BCUT2D eigenvalue weighted by atomic mass is 9.71. The van der Waals surface area contributed by atoms with E-state index >= 15 is 0 Å². The molecule has 3 N–H and O–H groups in total. The fourth-order valence-electron chi connectivity index (χ4n) is 8.28. The third-order valence-corrected chi connectivity index (χ3v) is 9.57. The fraction of sp³-hybridized carbons (Fsp3) is 0.400. The van der Waals surface area contributed by atoms with Crippen LogP contribution in [0.5, 0.6) is 11.5 Å². The molecule has 0 unspecified atom stereocenters. The first-order valence-electron chi connectivity index (χ1n) is 13.3. The number of phenolic OH excluding ortho intramolecular Hbond substituents is 1. The largest absolute Gasteiger partial charge is 0.511 e. The molecule has 9 rings (SSSR count). The van der Waals surface area contributed by atoms with E-state index in [0.29, 0.717) is 60.5 Å². The molecule has 0 bridgehead atoms. The molecule has 0 spiro atoms. The van der Waals surface area contributed by atoms with E-state index in [0.717, 1.165) is 0 Å². The number of aromatic hydroxyl groups is 1. The molecule has 4 aliphatic heterocycles. The van der Waals surface area contributed by atoms with E-state index in [1.165, 1.54) is 6.07 Å². The summed E-state index contributed by atoms with van der Waals surface area (Å²) in [6.45, 7) is 7.27. The van der Waals surface area contributed by atoms with Gasteiger partial charge in [-0.1, -0.05) is 0 Å². The molecule has 0 saturated carbocycles. The van der Waals surface area contributed by atoms with Gasteiger partial charge < -0.3 is 34.3 Å². The average Bonchev–Trinajstić information content (AvgIpc) is 2.85. The van der Waals surface area contributed by atoms with Gasteiger partial charge in [0.15, 0.2) is 17.0 Å². The van der Waals surface area contributed by atoms with Gasteiger partial charge in [0, 0.05) is 55.4 Å². The van der Waals surface area contributed by atoms with Crippen molar-refractivity contribution in [2.75, 3.05) is 0 Å². The third kappa shape index (κ3) is 2.21. The highest BCUT2D eigenvalue weighted by atomic mass is 16.6. The minimum absolute atomic E-state index is 0.113. The lowest BCUT2D eigenvalue weighted by Crippen LogP contribution is -2.48. The van der Waals surface area contributed by atoms with Crippen LogP contribution in [0.15, 0.2) is 15.7 Å². The number of hydrogen-bond acceptors (Lipinski definition) is 9. The molecule has 198 valence electrons. The first-order chi connectivity index (χ1) is 18.5. The number of phenols is 1. The van der Waals surface area contributed by atoms with Gasteiger partial charge in [0.05, 0.1) is 41.4 Å². The summed E-state index contributed by atoms with van der Waals surface area (Å²) in [5.74, 6) is -2.11.